The fourth-order valence-corrected chi connectivity index (χ4v) is 22.3. The molecule has 0 bridgehead atoms. The van der Waals surface area contributed by atoms with Crippen LogP contribution in [0, 0.1) is 62.9 Å². The van der Waals surface area contributed by atoms with Crippen LogP contribution in [0.5, 0.6) is 0 Å². The van der Waals surface area contributed by atoms with Gasteiger partial charge in [-0.05, 0) is 178 Å². The summed E-state index contributed by atoms with van der Waals surface area (Å²) < 4.78 is 65.6. The van der Waals surface area contributed by atoms with Gasteiger partial charge in [-0.15, -0.1) is 179 Å². The van der Waals surface area contributed by atoms with Crippen molar-refractivity contribution in [2.24, 2.45) is 5.92 Å². The van der Waals surface area contributed by atoms with E-state index in [0.717, 1.165) is 56.9 Å². The Labute approximate surface area is 893 Å². The van der Waals surface area contributed by atoms with E-state index in [1.807, 2.05) is 54.6 Å². The number of aromatic nitrogens is 6. The van der Waals surface area contributed by atoms with Crippen LogP contribution in [0.2, 0.25) is 58.9 Å². The standard InChI is InChI=1S/2C32H26NSi.C30H30NSi.3C12H10N.3Ir/c1-34(2,3)32-21-33-31(20-29(32)22-11-5-4-6-12-22)23-17-18-28-26-15-8-7-13-24(26)25-14-9-10-16-27(25)30(28)19-23;1-34(2,3)25-15-18-32(33-21-25)24-14-17-29-27-12-8-7-11-26(27)28-16-13-23(19-30(28)31(29)20-24)22-9-5-4-6-10-22;1-20(2)16-22-18-29(31-19-30(22)32(3,4)5)21-14-15-27-25-12-7-6-10-23(25)24-11-8-9-13-26(24)28(27)17-21;3*1-10-6-5-9-12(13-10)11-7-3-2-4-8-11;;;/h4-16,18-21H,1-3H3;4-13,15-21H,1-3H3;6-13,15,17-20H,16H2,1-5H3;3*2-7,9H,1H3;;;/q6*-1;;;/i;;;3*1D3;;;. The van der Waals surface area contributed by atoms with Crippen LogP contribution in [-0.4, -0.2) is 54.1 Å². The molecule has 3 radical (unpaired) electrons. The van der Waals surface area contributed by atoms with Crippen LogP contribution >= 0.6 is 0 Å². The van der Waals surface area contributed by atoms with Crippen molar-refractivity contribution in [2.75, 3.05) is 0 Å². The molecule has 23 aromatic rings. The summed E-state index contributed by atoms with van der Waals surface area (Å²) in [7, 11) is -4.40. The minimum Gasteiger partial charge on any atom is -0.305 e. The SMILES string of the molecule is CC(C)Cc1cc(-c2[c-]cc3c4ccccc4c4ccccc4c3c2)ncc1[Si](C)(C)C.C[Si](C)(C)c1ccc(-c2[c-]cc3c4ccccc4c4ccc(-c5ccccc5)cc4c3c2)nc1.C[Si](C)(C)c1cnc(-c2[c-]cc3c4ccccc4c4ccccc4c3c2)cc1-c1ccccc1.[2H]C([2H])([2H])c1cccc(-c2[c-]cccc2)n1.[2H]C([2H])([2H])c1cccc(-c2[c-]cccc2)n1.[2H]C([2H])([2H])c1cccc(-c2[c-]cccc2)n1.[Ir].[Ir].[Ir]. The van der Waals surface area contributed by atoms with Crippen LogP contribution < -0.4 is 15.6 Å². The Balaban J connectivity index is 0.000000139. The second-order valence-electron chi connectivity index (χ2n) is 38.4. The van der Waals surface area contributed by atoms with E-state index >= 15 is 0 Å². The van der Waals surface area contributed by atoms with Gasteiger partial charge in [0.25, 0.3) is 0 Å². The van der Waals surface area contributed by atoms with Crippen molar-refractivity contribution in [3.63, 3.8) is 0 Å². The smallest absolute Gasteiger partial charge is 0.0803 e. The summed E-state index contributed by atoms with van der Waals surface area (Å²) in [6.45, 7) is 19.6. The maximum absolute atomic E-state index is 7.29. The van der Waals surface area contributed by atoms with E-state index < -0.39 is 44.8 Å². The molecule has 0 saturated heterocycles. The number of fused-ring (bicyclic) bond motifs is 18. The van der Waals surface area contributed by atoms with Gasteiger partial charge in [0, 0.05) is 108 Å². The summed E-state index contributed by atoms with van der Waals surface area (Å²) >= 11 is 0. The summed E-state index contributed by atoms with van der Waals surface area (Å²) in [5.74, 6) is 0.622. The molecule has 707 valence electrons. The molecule has 0 aliphatic rings. The third-order valence-electron chi connectivity index (χ3n) is 25.1. The normalized spacial score (nSPS) is 12.4. The maximum atomic E-state index is 7.29. The largest absolute Gasteiger partial charge is 0.305 e. The van der Waals surface area contributed by atoms with Gasteiger partial charge in [-0.25, -0.2) is 0 Å². The van der Waals surface area contributed by atoms with Gasteiger partial charge < -0.3 is 29.9 Å². The van der Waals surface area contributed by atoms with Gasteiger partial charge in [0.2, 0.25) is 0 Å². The Hall–Kier alpha value is -13.4. The first kappa shape index (κ1) is 91.1. The molecule has 0 aliphatic carbocycles. The minimum atomic E-state index is -2.16. The van der Waals surface area contributed by atoms with Gasteiger partial charge >= 0.3 is 0 Å². The Kier molecular flexibility index (Phi) is 29.6. The molecule has 0 fully saturated rings. The molecule has 0 spiro atoms. The van der Waals surface area contributed by atoms with Crippen molar-refractivity contribution < 1.29 is 72.7 Å². The first-order valence-corrected chi connectivity index (χ1v) is 57.8. The van der Waals surface area contributed by atoms with Crippen LogP contribution in [0.25, 0.3) is 187 Å². The van der Waals surface area contributed by atoms with Crippen molar-refractivity contribution in [2.45, 2.75) is 99.7 Å². The molecule has 0 N–H and O–H groups in total. The third-order valence-corrected chi connectivity index (χ3v) is 31.2. The average molecular weight is 2430 g/mol. The summed E-state index contributed by atoms with van der Waals surface area (Å²) in [4.78, 5) is 27.1. The van der Waals surface area contributed by atoms with E-state index in [2.05, 4.69) is 404 Å². The molecule has 17 aromatic carbocycles. The van der Waals surface area contributed by atoms with Gasteiger partial charge in [-0.1, -0.05) is 382 Å². The molecule has 12 heteroatoms. The van der Waals surface area contributed by atoms with Crippen molar-refractivity contribution in [3.8, 4) is 89.8 Å². The second-order valence-corrected chi connectivity index (χ2v) is 53.6. The second kappa shape index (κ2) is 46.1. The Morgan fingerprint density at radius 1 is 0.246 bits per heavy atom. The number of aryl methyl sites for hydroxylation is 3. The molecule has 0 aliphatic heterocycles. The predicted molar refractivity (Wildman–Crippen MR) is 601 cm³/mol. The fraction of sp³-hybridized carbons (Fsp3) is 0.123. The summed E-state index contributed by atoms with van der Waals surface area (Å²) in [6.07, 6.45) is 7.41. The molecule has 142 heavy (non-hydrogen) atoms. The number of pyridine rings is 6. The molecule has 6 nitrogen and oxygen atoms in total. The first-order valence-electron chi connectivity index (χ1n) is 51.8. The number of nitrogens with zero attached hydrogens (tertiary/aromatic N) is 6. The van der Waals surface area contributed by atoms with Gasteiger partial charge in [0.05, 0.1) is 24.2 Å². The average Bonchev–Trinajstić information content (AvgIpc) is 0.726. The Morgan fingerprint density at radius 3 is 0.937 bits per heavy atom. The van der Waals surface area contributed by atoms with Gasteiger partial charge in [-0.3, -0.25) is 0 Å². The van der Waals surface area contributed by atoms with Gasteiger partial charge in [0.15, 0.2) is 0 Å². The van der Waals surface area contributed by atoms with Crippen LogP contribution in [0.15, 0.2) is 407 Å². The Morgan fingerprint density at radius 2 is 0.577 bits per heavy atom. The molecule has 0 saturated carbocycles. The zero-order valence-electron chi connectivity index (χ0n) is 90.2. The zero-order valence-corrected chi connectivity index (χ0v) is 91.3. The summed E-state index contributed by atoms with van der Waals surface area (Å²) in [6, 6.07) is 151. The monoisotopic (exact) mass is 2430 g/mol. The Bertz CT molecular complexity index is 8450. The molecule has 6 aromatic heterocycles. The quantitative estimate of drug-likeness (QED) is 0.0650. The zero-order chi connectivity index (χ0) is 104. The number of rotatable bonds is 13. The number of benzene rings is 17. The van der Waals surface area contributed by atoms with E-state index in [1.165, 1.54) is 159 Å². The topological polar surface area (TPSA) is 77.3 Å². The summed E-state index contributed by atoms with van der Waals surface area (Å²) in [5, 5.41) is 27.1. The molecule has 0 atom stereocenters. The number of hydrogen-bond acceptors (Lipinski definition) is 6. The van der Waals surface area contributed by atoms with Crippen molar-refractivity contribution in [3.05, 3.63) is 466 Å². The first-order chi connectivity index (χ1) is 71.0. The van der Waals surface area contributed by atoms with Crippen LogP contribution in [0.4, 0.5) is 0 Å². The number of hydrogen-bond donors (Lipinski definition) is 0. The van der Waals surface area contributed by atoms with Gasteiger partial charge in [0.1, 0.15) is 0 Å². The van der Waals surface area contributed by atoms with Gasteiger partial charge in [-0.2, -0.15) is 0 Å². The van der Waals surface area contributed by atoms with Crippen molar-refractivity contribution in [1.29, 1.82) is 0 Å². The molecule has 0 amide bonds. The minimum absolute atomic E-state index is 0. The predicted octanol–water partition coefficient (Wildman–Crippen LogP) is 32.8. The molecular weight excluding hydrogens is 2310 g/mol. The molecule has 0 unspecified atom stereocenters. The molecule has 23 rings (SSSR count). The van der Waals surface area contributed by atoms with Crippen LogP contribution in [0.3, 0.4) is 0 Å². The van der Waals surface area contributed by atoms with E-state index in [-0.39, 0.29) is 77.4 Å². The molecule has 6 heterocycles. The summed E-state index contributed by atoms with van der Waals surface area (Å²) in [5.41, 5.74) is 17.2. The fourth-order valence-electron chi connectivity index (χ4n) is 18.2. The molecular formula is C130H112Ir3N6Si3-6. The van der Waals surface area contributed by atoms with Crippen LogP contribution in [0.1, 0.15) is 48.8 Å². The van der Waals surface area contributed by atoms with E-state index in [0.29, 0.717) is 23.0 Å². The van der Waals surface area contributed by atoms with Crippen LogP contribution in [-0.2, 0) is 66.7 Å². The third kappa shape index (κ3) is 23.8. The van der Waals surface area contributed by atoms with E-state index in [4.69, 9.17) is 27.3 Å². The maximum Gasteiger partial charge on any atom is 0.0803 e. The van der Waals surface area contributed by atoms with E-state index in [1.54, 1.807) is 54.6 Å². The van der Waals surface area contributed by atoms with Crippen molar-refractivity contribution >= 4 is 137 Å². The van der Waals surface area contributed by atoms with Crippen molar-refractivity contribution in [1.82, 2.24) is 29.9 Å². The van der Waals surface area contributed by atoms with E-state index in [9.17, 15) is 0 Å².